The van der Waals surface area contributed by atoms with Crippen molar-refractivity contribution in [3.05, 3.63) is 80.7 Å². The summed E-state index contributed by atoms with van der Waals surface area (Å²) in [6.07, 6.45) is 3.42. The average molecular weight is 395 g/mol. The van der Waals surface area contributed by atoms with Gasteiger partial charge in [0.15, 0.2) is 4.77 Å². The van der Waals surface area contributed by atoms with E-state index in [4.69, 9.17) is 23.8 Å². The van der Waals surface area contributed by atoms with Crippen LogP contribution in [0.1, 0.15) is 16.8 Å². The van der Waals surface area contributed by atoms with Crippen LogP contribution in [0.3, 0.4) is 0 Å². The minimum atomic E-state index is 0.0344. The molecule has 0 atom stereocenters. The number of nitrogens with one attached hydrogen (secondary N) is 1. The van der Waals surface area contributed by atoms with E-state index in [1.54, 1.807) is 29.0 Å². The molecule has 0 radical (unpaired) electrons. The van der Waals surface area contributed by atoms with Gasteiger partial charge >= 0.3 is 0 Å². The van der Waals surface area contributed by atoms with Gasteiger partial charge in [0.2, 0.25) is 5.88 Å². The molecule has 5 nitrogen and oxygen atoms in total. The molecule has 0 fully saturated rings. The van der Waals surface area contributed by atoms with E-state index in [1.165, 1.54) is 0 Å². The molecule has 27 heavy (non-hydrogen) atoms. The summed E-state index contributed by atoms with van der Waals surface area (Å²) < 4.78 is 2.00. The van der Waals surface area contributed by atoms with Crippen molar-refractivity contribution in [2.45, 2.75) is 6.92 Å². The largest absolute Gasteiger partial charge is 0.493 e. The smallest absolute Gasteiger partial charge is 0.222 e. The Kier molecular flexibility index (Phi) is 4.51. The number of halogens is 1. The first kappa shape index (κ1) is 17.5. The van der Waals surface area contributed by atoms with Crippen LogP contribution in [0.2, 0.25) is 5.02 Å². The fourth-order valence-corrected chi connectivity index (χ4v) is 3.27. The molecule has 0 unspecified atom stereocenters. The Morgan fingerprint density at radius 2 is 1.81 bits per heavy atom. The third-order valence-electron chi connectivity index (χ3n) is 4.24. The first-order valence-corrected chi connectivity index (χ1v) is 9.01. The Balaban J connectivity index is 1.74. The lowest BCUT2D eigenvalue weighted by Gasteiger charge is -2.05. The number of aromatic amines is 1. The summed E-state index contributed by atoms with van der Waals surface area (Å²) in [5.74, 6) is 0.0344. The molecule has 1 aliphatic rings. The Hall–Kier alpha value is -2.96. The second-order valence-corrected chi connectivity index (χ2v) is 6.96. The van der Waals surface area contributed by atoms with Gasteiger partial charge in [-0.15, -0.1) is 5.10 Å². The first-order valence-electron chi connectivity index (χ1n) is 8.23. The zero-order chi connectivity index (χ0) is 19.0. The SMILES string of the molecule is Cc1ccc(-n2c(O)c(/C=C3\C=NN=C3c3ccc(Cl)cc3)[nH]c2=S)cc1. The number of allylic oxidation sites excluding steroid dienone is 1. The summed E-state index contributed by atoms with van der Waals surface area (Å²) in [5, 5.41) is 19.5. The van der Waals surface area contributed by atoms with Crippen molar-refractivity contribution in [3.8, 4) is 11.6 Å². The number of nitrogens with zero attached hydrogens (tertiary/aromatic N) is 3. The quantitative estimate of drug-likeness (QED) is 0.609. The maximum absolute atomic E-state index is 10.7. The van der Waals surface area contributed by atoms with Crippen LogP contribution in [0, 0.1) is 11.7 Å². The molecular weight excluding hydrogens is 380 g/mol. The second kappa shape index (κ2) is 6.98. The zero-order valence-corrected chi connectivity index (χ0v) is 15.9. The Labute approximate surface area is 166 Å². The standard InChI is InChI=1S/C20H15ClN4OS/c1-12-2-8-16(9-3-12)25-19(26)17(23-20(25)27)10-14-11-22-24-18(14)13-4-6-15(21)7-5-13/h2-11,26H,1H3,(H,23,27)/b14-10+. The van der Waals surface area contributed by atoms with E-state index in [9.17, 15) is 5.11 Å². The van der Waals surface area contributed by atoms with Crippen LogP contribution in [0.4, 0.5) is 0 Å². The van der Waals surface area contributed by atoms with Gasteiger partial charge in [0, 0.05) is 16.2 Å². The predicted molar refractivity (Wildman–Crippen MR) is 112 cm³/mol. The Morgan fingerprint density at radius 3 is 2.52 bits per heavy atom. The van der Waals surface area contributed by atoms with Crippen LogP contribution < -0.4 is 0 Å². The van der Waals surface area contributed by atoms with Crippen molar-refractivity contribution in [3.63, 3.8) is 0 Å². The number of imidazole rings is 1. The number of H-pyrrole nitrogens is 1. The normalized spacial score (nSPS) is 14.7. The van der Waals surface area contributed by atoms with Gasteiger partial charge in [-0.1, -0.05) is 41.4 Å². The molecule has 4 rings (SSSR count). The molecule has 134 valence electrons. The van der Waals surface area contributed by atoms with Gasteiger partial charge < -0.3 is 10.1 Å². The number of rotatable bonds is 3. The molecule has 1 aromatic heterocycles. The molecular formula is C20H15ClN4OS. The molecule has 0 saturated carbocycles. The van der Waals surface area contributed by atoms with Gasteiger partial charge in [-0.3, -0.25) is 4.57 Å². The highest BCUT2D eigenvalue weighted by molar-refractivity contribution is 7.71. The van der Waals surface area contributed by atoms with Crippen molar-refractivity contribution < 1.29 is 5.11 Å². The molecule has 0 saturated heterocycles. The van der Waals surface area contributed by atoms with Crippen LogP contribution in [-0.4, -0.2) is 26.6 Å². The monoisotopic (exact) mass is 394 g/mol. The molecule has 2 N–H and O–H groups in total. The number of benzene rings is 2. The molecule has 0 aliphatic carbocycles. The Bertz CT molecular complexity index is 1150. The topological polar surface area (TPSA) is 65.7 Å². The van der Waals surface area contributed by atoms with E-state index in [0.29, 0.717) is 21.2 Å². The minimum absolute atomic E-state index is 0.0344. The molecule has 7 heteroatoms. The van der Waals surface area contributed by atoms with E-state index in [1.807, 2.05) is 43.3 Å². The van der Waals surface area contributed by atoms with E-state index in [0.717, 1.165) is 22.4 Å². The highest BCUT2D eigenvalue weighted by atomic mass is 35.5. The molecule has 2 aromatic carbocycles. The Morgan fingerprint density at radius 1 is 1.11 bits per heavy atom. The summed E-state index contributed by atoms with van der Waals surface area (Å²) in [6.45, 7) is 2.01. The first-order chi connectivity index (χ1) is 13.0. The second-order valence-electron chi connectivity index (χ2n) is 6.14. The van der Waals surface area contributed by atoms with E-state index >= 15 is 0 Å². The molecule has 3 aromatic rings. The van der Waals surface area contributed by atoms with E-state index in [-0.39, 0.29) is 5.88 Å². The maximum atomic E-state index is 10.7. The fraction of sp³-hybridized carbons (Fsp3) is 0.0500. The van der Waals surface area contributed by atoms with Crippen LogP contribution in [0.25, 0.3) is 11.8 Å². The van der Waals surface area contributed by atoms with Gasteiger partial charge in [0.1, 0.15) is 11.4 Å². The average Bonchev–Trinajstić information content (AvgIpc) is 3.22. The van der Waals surface area contributed by atoms with Crippen LogP contribution in [-0.2, 0) is 0 Å². The molecule has 0 spiro atoms. The summed E-state index contributed by atoms with van der Waals surface area (Å²) in [6, 6.07) is 15.1. The number of hydrogen-bond donors (Lipinski definition) is 2. The van der Waals surface area contributed by atoms with Gasteiger partial charge in [-0.25, -0.2) is 0 Å². The van der Waals surface area contributed by atoms with Gasteiger partial charge in [0.05, 0.1) is 11.9 Å². The van der Waals surface area contributed by atoms with Gasteiger partial charge in [-0.05, 0) is 49.5 Å². The molecule has 1 aliphatic heterocycles. The van der Waals surface area contributed by atoms with Crippen LogP contribution in [0.5, 0.6) is 5.88 Å². The number of aromatic hydroxyl groups is 1. The zero-order valence-electron chi connectivity index (χ0n) is 14.3. The molecule has 0 bridgehead atoms. The highest BCUT2D eigenvalue weighted by Crippen LogP contribution is 2.26. The third kappa shape index (κ3) is 3.37. The fourth-order valence-electron chi connectivity index (χ4n) is 2.84. The highest BCUT2D eigenvalue weighted by Gasteiger charge is 2.17. The van der Waals surface area contributed by atoms with Gasteiger partial charge in [0.25, 0.3) is 0 Å². The molecule has 2 heterocycles. The van der Waals surface area contributed by atoms with Crippen LogP contribution >= 0.6 is 23.8 Å². The number of aromatic nitrogens is 2. The minimum Gasteiger partial charge on any atom is -0.493 e. The summed E-state index contributed by atoms with van der Waals surface area (Å²) in [4.78, 5) is 3.05. The van der Waals surface area contributed by atoms with Crippen molar-refractivity contribution in [2.75, 3.05) is 0 Å². The number of hydrogen-bond acceptors (Lipinski definition) is 4. The maximum Gasteiger partial charge on any atom is 0.222 e. The summed E-state index contributed by atoms with van der Waals surface area (Å²) in [7, 11) is 0. The van der Waals surface area contributed by atoms with Crippen molar-refractivity contribution in [1.29, 1.82) is 0 Å². The lowest BCUT2D eigenvalue weighted by molar-refractivity contribution is 0.441. The van der Waals surface area contributed by atoms with E-state index < -0.39 is 0 Å². The van der Waals surface area contributed by atoms with Gasteiger partial charge in [-0.2, -0.15) is 5.10 Å². The lowest BCUT2D eigenvalue weighted by atomic mass is 10.0. The number of aryl methyl sites for hydroxylation is 1. The molecule has 0 amide bonds. The summed E-state index contributed by atoms with van der Waals surface area (Å²) >= 11 is 11.3. The summed E-state index contributed by atoms with van der Waals surface area (Å²) in [5.41, 5.74) is 4.77. The predicted octanol–water partition coefficient (Wildman–Crippen LogP) is 5.07. The van der Waals surface area contributed by atoms with E-state index in [2.05, 4.69) is 15.2 Å². The van der Waals surface area contributed by atoms with Crippen molar-refractivity contribution >= 4 is 41.8 Å². The van der Waals surface area contributed by atoms with Crippen molar-refractivity contribution in [1.82, 2.24) is 9.55 Å². The van der Waals surface area contributed by atoms with Crippen LogP contribution in [0.15, 0.2) is 64.3 Å². The lowest BCUT2D eigenvalue weighted by Crippen LogP contribution is -2.02. The third-order valence-corrected chi connectivity index (χ3v) is 4.77. The van der Waals surface area contributed by atoms with Crippen molar-refractivity contribution in [2.24, 2.45) is 10.2 Å².